The predicted molar refractivity (Wildman–Crippen MR) is 95.5 cm³/mol. The zero-order chi connectivity index (χ0) is 17.7. The number of hydrogen-bond donors (Lipinski definition) is 3. The van der Waals surface area contributed by atoms with Crippen LogP contribution in [0.4, 0.5) is 10.5 Å². The van der Waals surface area contributed by atoms with Crippen LogP contribution in [0.2, 0.25) is 0 Å². The van der Waals surface area contributed by atoms with Crippen molar-refractivity contribution in [3.63, 3.8) is 0 Å². The molecule has 0 radical (unpaired) electrons. The number of hydrogen-bond acceptors (Lipinski definition) is 3. The Kier molecular flexibility index (Phi) is 5.98. The number of urea groups is 1. The summed E-state index contributed by atoms with van der Waals surface area (Å²) in [4.78, 5) is 12.3. The minimum absolute atomic E-state index is 0.0487. The third-order valence-corrected chi connectivity index (χ3v) is 4.09. The molecule has 6 heteroatoms. The van der Waals surface area contributed by atoms with E-state index in [1.54, 1.807) is 0 Å². The number of aryl methyl sites for hydroxylation is 1. The van der Waals surface area contributed by atoms with Crippen LogP contribution in [-0.2, 0) is 0 Å². The van der Waals surface area contributed by atoms with Crippen LogP contribution in [0.5, 0.6) is 0 Å². The number of aliphatic hydroxyl groups is 1. The molecule has 6 nitrogen and oxygen atoms in total. The van der Waals surface area contributed by atoms with Crippen molar-refractivity contribution in [2.45, 2.75) is 40.2 Å². The number of amides is 2. The second-order valence-electron chi connectivity index (χ2n) is 6.25. The first-order valence-electron chi connectivity index (χ1n) is 8.24. The van der Waals surface area contributed by atoms with Gasteiger partial charge in [0, 0.05) is 12.6 Å². The van der Waals surface area contributed by atoms with Crippen molar-refractivity contribution in [1.29, 1.82) is 0 Å². The Bertz CT molecular complexity index is 680. The molecule has 0 aliphatic heterocycles. The number of rotatable bonds is 6. The highest BCUT2D eigenvalue weighted by Gasteiger charge is 2.19. The third-order valence-electron chi connectivity index (χ3n) is 4.09. The largest absolute Gasteiger partial charge is 0.396 e. The summed E-state index contributed by atoms with van der Waals surface area (Å²) < 4.78 is 1.82. The molecule has 3 N–H and O–H groups in total. The first-order valence-corrected chi connectivity index (χ1v) is 8.24. The monoisotopic (exact) mass is 330 g/mol. The second kappa shape index (κ2) is 7.97. The van der Waals surface area contributed by atoms with Crippen LogP contribution in [0, 0.1) is 19.8 Å². The number of carbonyl (C=O) groups excluding carboxylic acids is 1. The highest BCUT2D eigenvalue weighted by molar-refractivity contribution is 5.90. The molecule has 0 saturated carbocycles. The molecule has 1 unspecified atom stereocenters. The zero-order valence-corrected chi connectivity index (χ0v) is 14.7. The maximum absolute atomic E-state index is 12.3. The van der Waals surface area contributed by atoms with E-state index in [4.69, 9.17) is 5.11 Å². The summed E-state index contributed by atoms with van der Waals surface area (Å²) in [6, 6.07) is 9.45. The van der Waals surface area contributed by atoms with Crippen molar-refractivity contribution in [3.8, 4) is 5.69 Å². The van der Waals surface area contributed by atoms with Crippen LogP contribution in [0.1, 0.15) is 31.7 Å². The minimum Gasteiger partial charge on any atom is -0.396 e. The van der Waals surface area contributed by atoms with E-state index < -0.39 is 0 Å². The van der Waals surface area contributed by atoms with Gasteiger partial charge in [-0.2, -0.15) is 5.10 Å². The van der Waals surface area contributed by atoms with E-state index in [2.05, 4.69) is 15.7 Å². The third kappa shape index (κ3) is 4.14. The van der Waals surface area contributed by atoms with Gasteiger partial charge in [0.05, 0.1) is 22.8 Å². The molecular weight excluding hydrogens is 304 g/mol. The number of benzene rings is 1. The number of aromatic nitrogens is 2. The average Bonchev–Trinajstić information content (AvgIpc) is 2.83. The van der Waals surface area contributed by atoms with E-state index in [9.17, 15) is 4.79 Å². The standard InChI is InChI=1S/C18H26N4O2/c1-12(2)16(10-11-23)19-18(24)20-17-13(3)21-22(14(17)4)15-8-6-5-7-9-15/h5-9,12,16,23H,10-11H2,1-4H3,(H2,19,20,24). The van der Waals surface area contributed by atoms with E-state index in [1.165, 1.54) is 0 Å². The summed E-state index contributed by atoms with van der Waals surface area (Å²) in [5.41, 5.74) is 3.29. The first-order chi connectivity index (χ1) is 11.4. The van der Waals surface area contributed by atoms with Gasteiger partial charge in [0.25, 0.3) is 0 Å². The summed E-state index contributed by atoms with van der Waals surface area (Å²) in [7, 11) is 0. The molecule has 1 atom stereocenters. The number of nitrogens with zero attached hydrogens (tertiary/aromatic N) is 2. The summed E-state index contributed by atoms with van der Waals surface area (Å²) in [6.45, 7) is 7.88. The number of nitrogens with one attached hydrogen (secondary N) is 2. The van der Waals surface area contributed by atoms with Gasteiger partial charge in [0.1, 0.15) is 0 Å². The van der Waals surface area contributed by atoms with Crippen molar-refractivity contribution >= 4 is 11.7 Å². The fourth-order valence-electron chi connectivity index (χ4n) is 2.67. The molecule has 0 aliphatic rings. The smallest absolute Gasteiger partial charge is 0.319 e. The summed E-state index contributed by atoms with van der Waals surface area (Å²) in [6.07, 6.45) is 0.534. The Morgan fingerprint density at radius 2 is 1.92 bits per heavy atom. The van der Waals surface area contributed by atoms with Gasteiger partial charge in [0.15, 0.2) is 0 Å². The molecule has 2 amide bonds. The lowest BCUT2D eigenvalue weighted by Crippen LogP contribution is -2.41. The van der Waals surface area contributed by atoms with Crippen molar-refractivity contribution in [1.82, 2.24) is 15.1 Å². The quantitative estimate of drug-likeness (QED) is 0.762. The Labute approximate surface area is 142 Å². The number of anilines is 1. The van der Waals surface area contributed by atoms with E-state index in [1.807, 2.05) is 62.7 Å². The molecule has 130 valence electrons. The topological polar surface area (TPSA) is 79.2 Å². The average molecular weight is 330 g/mol. The zero-order valence-electron chi connectivity index (χ0n) is 14.7. The summed E-state index contributed by atoms with van der Waals surface area (Å²) in [5.74, 6) is 0.247. The molecule has 1 aromatic carbocycles. The lowest BCUT2D eigenvalue weighted by atomic mass is 10.0. The van der Waals surface area contributed by atoms with Gasteiger partial charge in [-0.3, -0.25) is 0 Å². The Hall–Kier alpha value is -2.34. The molecule has 0 fully saturated rings. The van der Waals surface area contributed by atoms with Crippen LogP contribution in [0.15, 0.2) is 30.3 Å². The highest BCUT2D eigenvalue weighted by Crippen LogP contribution is 2.22. The maximum Gasteiger partial charge on any atom is 0.319 e. The molecule has 2 rings (SSSR count). The molecule has 0 spiro atoms. The fraction of sp³-hybridized carbons (Fsp3) is 0.444. The van der Waals surface area contributed by atoms with Crippen LogP contribution >= 0.6 is 0 Å². The minimum atomic E-state index is -0.277. The van der Waals surface area contributed by atoms with Crippen LogP contribution < -0.4 is 10.6 Å². The molecule has 0 bridgehead atoms. The van der Waals surface area contributed by atoms with Gasteiger partial charge in [-0.05, 0) is 38.3 Å². The van der Waals surface area contributed by atoms with Gasteiger partial charge in [-0.15, -0.1) is 0 Å². The molecule has 1 aromatic heterocycles. The van der Waals surface area contributed by atoms with Gasteiger partial charge >= 0.3 is 6.03 Å². The maximum atomic E-state index is 12.3. The van der Waals surface area contributed by atoms with Gasteiger partial charge in [0.2, 0.25) is 0 Å². The number of carbonyl (C=O) groups is 1. The number of aliphatic hydroxyl groups excluding tert-OH is 1. The SMILES string of the molecule is Cc1nn(-c2ccccc2)c(C)c1NC(=O)NC(CCO)C(C)C. The fourth-order valence-corrected chi connectivity index (χ4v) is 2.67. The Morgan fingerprint density at radius 1 is 1.25 bits per heavy atom. The van der Waals surface area contributed by atoms with Gasteiger partial charge in [-0.25, -0.2) is 9.48 Å². The Balaban J connectivity index is 2.15. The molecular formula is C18H26N4O2. The molecule has 24 heavy (non-hydrogen) atoms. The summed E-state index contributed by atoms with van der Waals surface area (Å²) >= 11 is 0. The normalized spacial score (nSPS) is 12.2. The number of para-hydroxylation sites is 1. The molecule has 0 saturated heterocycles. The van der Waals surface area contributed by atoms with Crippen LogP contribution in [0.3, 0.4) is 0 Å². The lowest BCUT2D eigenvalue weighted by molar-refractivity contribution is 0.227. The van der Waals surface area contributed by atoms with Crippen molar-refractivity contribution in [3.05, 3.63) is 41.7 Å². The predicted octanol–water partition coefficient (Wildman–Crippen LogP) is 3.02. The van der Waals surface area contributed by atoms with Gasteiger partial charge in [-0.1, -0.05) is 32.0 Å². The van der Waals surface area contributed by atoms with E-state index in [0.717, 1.165) is 17.1 Å². The van der Waals surface area contributed by atoms with E-state index in [0.29, 0.717) is 12.1 Å². The summed E-state index contributed by atoms with van der Waals surface area (Å²) in [5, 5.41) is 19.5. The molecule has 0 aliphatic carbocycles. The molecule has 1 heterocycles. The molecule has 2 aromatic rings. The van der Waals surface area contributed by atoms with Crippen molar-refractivity contribution in [2.75, 3.05) is 11.9 Å². The van der Waals surface area contributed by atoms with Crippen molar-refractivity contribution < 1.29 is 9.90 Å². The second-order valence-corrected chi connectivity index (χ2v) is 6.25. The van der Waals surface area contributed by atoms with E-state index in [-0.39, 0.29) is 24.6 Å². The first kappa shape index (κ1) is 18.0. The van der Waals surface area contributed by atoms with E-state index >= 15 is 0 Å². The van der Waals surface area contributed by atoms with Crippen LogP contribution in [0.25, 0.3) is 5.69 Å². The van der Waals surface area contributed by atoms with Gasteiger partial charge < -0.3 is 15.7 Å². The Morgan fingerprint density at radius 3 is 2.50 bits per heavy atom. The highest BCUT2D eigenvalue weighted by atomic mass is 16.3. The lowest BCUT2D eigenvalue weighted by Gasteiger charge is -2.21. The van der Waals surface area contributed by atoms with Crippen molar-refractivity contribution in [2.24, 2.45) is 5.92 Å². The van der Waals surface area contributed by atoms with Crippen LogP contribution in [-0.4, -0.2) is 33.6 Å².